The number of benzene rings is 3. The number of halogens is 3. The normalized spacial score (nSPS) is 11.9. The first kappa shape index (κ1) is 27.7. The van der Waals surface area contributed by atoms with E-state index in [9.17, 15) is 36.5 Å². The van der Waals surface area contributed by atoms with Crippen LogP contribution < -0.4 is 4.18 Å². The molecule has 12 heteroatoms. The number of hydrogen-bond acceptors (Lipinski definition) is 6. The van der Waals surface area contributed by atoms with Crippen LogP contribution >= 0.6 is 0 Å². The summed E-state index contributed by atoms with van der Waals surface area (Å²) in [5, 5.41) is 11.3. The Morgan fingerprint density at radius 1 is 1.05 bits per heavy atom. The Labute approximate surface area is 211 Å². The van der Waals surface area contributed by atoms with E-state index in [0.717, 1.165) is 18.2 Å². The van der Waals surface area contributed by atoms with Crippen LogP contribution in [-0.2, 0) is 22.8 Å². The van der Waals surface area contributed by atoms with Crippen molar-refractivity contribution in [2.24, 2.45) is 0 Å². The van der Waals surface area contributed by atoms with Gasteiger partial charge in [0, 0.05) is 29.8 Å². The number of alkyl halides is 3. The molecule has 0 radical (unpaired) electrons. The number of hydrogen-bond donors (Lipinski definition) is 0. The van der Waals surface area contributed by atoms with Crippen LogP contribution in [0.15, 0.2) is 71.6 Å². The highest BCUT2D eigenvalue weighted by Gasteiger charge is 2.32. The van der Waals surface area contributed by atoms with Gasteiger partial charge in [-0.3, -0.25) is 14.9 Å². The summed E-state index contributed by atoms with van der Waals surface area (Å²) in [4.78, 5) is 24.7. The molecule has 0 heterocycles. The number of amides is 1. The summed E-state index contributed by atoms with van der Waals surface area (Å²) in [7, 11) is -4.58. The molecule has 8 nitrogen and oxygen atoms in total. The first-order valence-corrected chi connectivity index (χ1v) is 12.4. The smallest absolute Gasteiger partial charge is 0.379 e. The van der Waals surface area contributed by atoms with Gasteiger partial charge in [0.15, 0.2) is 0 Å². The minimum atomic E-state index is -4.73. The van der Waals surface area contributed by atoms with Gasteiger partial charge in [-0.2, -0.15) is 21.6 Å². The SMILES string of the molecule is Cc1ccc(C(=O)N(Cc2cccc(OS(=O)(=O)c3cccc(C(F)(F)F)c3)c2)C(C)C)cc1[N+](=O)[O-]. The van der Waals surface area contributed by atoms with Crippen LogP contribution in [0.3, 0.4) is 0 Å². The molecule has 0 fully saturated rings. The van der Waals surface area contributed by atoms with E-state index in [1.54, 1.807) is 26.8 Å². The van der Waals surface area contributed by atoms with Crippen molar-refractivity contribution in [1.82, 2.24) is 4.90 Å². The third-order valence-electron chi connectivity index (χ3n) is 5.44. The van der Waals surface area contributed by atoms with Gasteiger partial charge in [-0.25, -0.2) is 0 Å². The maximum Gasteiger partial charge on any atom is 0.416 e. The first-order chi connectivity index (χ1) is 17.2. The zero-order valence-electron chi connectivity index (χ0n) is 20.0. The lowest BCUT2D eigenvalue weighted by molar-refractivity contribution is -0.385. The Balaban J connectivity index is 1.85. The Bertz CT molecular complexity index is 1440. The summed E-state index contributed by atoms with van der Waals surface area (Å²) in [5.41, 5.74) is -0.325. The van der Waals surface area contributed by atoms with Crippen molar-refractivity contribution >= 4 is 21.7 Å². The van der Waals surface area contributed by atoms with Crippen molar-refractivity contribution in [3.63, 3.8) is 0 Å². The molecule has 0 atom stereocenters. The summed E-state index contributed by atoms with van der Waals surface area (Å²) in [6.07, 6.45) is -4.73. The molecule has 0 saturated carbocycles. The van der Waals surface area contributed by atoms with E-state index < -0.39 is 37.6 Å². The number of aryl methyl sites for hydroxylation is 1. The Morgan fingerprint density at radius 3 is 2.35 bits per heavy atom. The van der Waals surface area contributed by atoms with Gasteiger partial charge < -0.3 is 9.08 Å². The second-order valence-electron chi connectivity index (χ2n) is 8.50. The summed E-state index contributed by atoms with van der Waals surface area (Å²) in [6, 6.07) is 12.8. The van der Waals surface area contributed by atoms with E-state index in [2.05, 4.69) is 0 Å². The zero-order chi connectivity index (χ0) is 27.5. The van der Waals surface area contributed by atoms with Gasteiger partial charge in [-0.05, 0) is 62.7 Å². The van der Waals surface area contributed by atoms with E-state index in [0.29, 0.717) is 17.2 Å². The van der Waals surface area contributed by atoms with Gasteiger partial charge in [0.25, 0.3) is 11.6 Å². The molecule has 37 heavy (non-hydrogen) atoms. The molecular formula is C25H23F3N2O6S. The molecule has 0 N–H and O–H groups in total. The molecule has 3 aromatic rings. The van der Waals surface area contributed by atoms with E-state index in [1.165, 1.54) is 41.3 Å². The molecule has 196 valence electrons. The van der Waals surface area contributed by atoms with Crippen molar-refractivity contribution in [2.75, 3.05) is 0 Å². The fraction of sp³-hybridized carbons (Fsp3) is 0.240. The number of rotatable bonds is 8. The van der Waals surface area contributed by atoms with Crippen molar-refractivity contribution in [3.05, 3.63) is 99.1 Å². The van der Waals surface area contributed by atoms with Crippen molar-refractivity contribution < 1.29 is 35.5 Å². The second kappa shape index (κ2) is 10.6. The molecule has 0 aliphatic carbocycles. The monoisotopic (exact) mass is 536 g/mol. The maximum absolute atomic E-state index is 13.2. The van der Waals surface area contributed by atoms with Crippen molar-refractivity contribution in [1.29, 1.82) is 0 Å². The van der Waals surface area contributed by atoms with Crippen LogP contribution in [0.5, 0.6) is 5.75 Å². The van der Waals surface area contributed by atoms with Crippen LogP contribution in [0, 0.1) is 17.0 Å². The molecule has 0 aromatic heterocycles. The summed E-state index contributed by atoms with van der Waals surface area (Å²) >= 11 is 0. The van der Waals surface area contributed by atoms with Gasteiger partial charge in [0.05, 0.1) is 10.5 Å². The average molecular weight is 537 g/mol. The highest BCUT2D eigenvalue weighted by molar-refractivity contribution is 7.87. The Hall–Kier alpha value is -3.93. The Morgan fingerprint density at radius 2 is 1.73 bits per heavy atom. The van der Waals surface area contributed by atoms with E-state index in [-0.39, 0.29) is 29.6 Å². The van der Waals surface area contributed by atoms with Crippen LogP contribution in [0.1, 0.15) is 40.9 Å². The van der Waals surface area contributed by atoms with Crippen LogP contribution in [0.25, 0.3) is 0 Å². The maximum atomic E-state index is 13.2. The third-order valence-corrected chi connectivity index (χ3v) is 6.69. The topological polar surface area (TPSA) is 107 Å². The molecule has 0 aliphatic heterocycles. The molecule has 0 aliphatic rings. The highest BCUT2D eigenvalue weighted by Crippen LogP contribution is 2.31. The highest BCUT2D eigenvalue weighted by atomic mass is 32.2. The van der Waals surface area contributed by atoms with Crippen LogP contribution in [-0.4, -0.2) is 30.2 Å². The quantitative estimate of drug-likeness (QED) is 0.206. The largest absolute Gasteiger partial charge is 0.416 e. The number of carbonyl (C=O) groups is 1. The fourth-order valence-corrected chi connectivity index (χ4v) is 4.46. The number of carbonyl (C=O) groups excluding carboxylic acids is 1. The van der Waals surface area contributed by atoms with Gasteiger partial charge in [-0.1, -0.05) is 24.3 Å². The molecule has 0 bridgehead atoms. The lowest BCUT2D eigenvalue weighted by Crippen LogP contribution is -2.36. The minimum Gasteiger partial charge on any atom is -0.379 e. The predicted octanol–water partition coefficient (Wildman–Crippen LogP) is 5.74. The summed E-state index contributed by atoms with van der Waals surface area (Å²) in [6.45, 7) is 5.07. The molecule has 0 spiro atoms. The first-order valence-electron chi connectivity index (χ1n) is 11.0. The van der Waals surface area contributed by atoms with Gasteiger partial charge in [-0.15, -0.1) is 0 Å². The molecule has 3 rings (SSSR count). The summed E-state index contributed by atoms with van der Waals surface area (Å²) < 4.78 is 69.3. The zero-order valence-corrected chi connectivity index (χ0v) is 20.8. The van der Waals surface area contributed by atoms with Gasteiger partial charge in [0.2, 0.25) is 0 Å². The van der Waals surface area contributed by atoms with E-state index in [4.69, 9.17) is 4.18 Å². The van der Waals surface area contributed by atoms with E-state index in [1.807, 2.05) is 0 Å². The van der Waals surface area contributed by atoms with Crippen LogP contribution in [0.4, 0.5) is 18.9 Å². The van der Waals surface area contributed by atoms with Crippen LogP contribution in [0.2, 0.25) is 0 Å². The molecule has 0 saturated heterocycles. The fourth-order valence-electron chi connectivity index (χ4n) is 3.49. The van der Waals surface area contributed by atoms with Gasteiger partial charge in [0.1, 0.15) is 10.6 Å². The predicted molar refractivity (Wildman–Crippen MR) is 129 cm³/mol. The molecule has 1 amide bonds. The van der Waals surface area contributed by atoms with Crippen molar-refractivity contribution in [3.8, 4) is 5.75 Å². The number of nitro benzene ring substituents is 1. The number of nitrogens with zero attached hydrogens (tertiary/aromatic N) is 2. The Kier molecular flexibility index (Phi) is 7.91. The van der Waals surface area contributed by atoms with E-state index >= 15 is 0 Å². The molecular weight excluding hydrogens is 513 g/mol. The molecule has 0 unspecified atom stereocenters. The third kappa shape index (κ3) is 6.64. The minimum absolute atomic E-state index is 0.0129. The number of nitro groups is 1. The standard InChI is InChI=1S/C25H23F3N2O6S/c1-16(2)29(24(31)19-11-10-17(3)23(13-19)30(32)33)15-18-6-4-8-21(12-18)36-37(34,35)22-9-5-7-20(14-22)25(26,27)28/h4-14,16H,15H2,1-3H3. The second-order valence-corrected chi connectivity index (χ2v) is 10.0. The van der Waals surface area contributed by atoms with Gasteiger partial charge >= 0.3 is 16.3 Å². The lowest BCUT2D eigenvalue weighted by Gasteiger charge is -2.27. The van der Waals surface area contributed by atoms with Crippen molar-refractivity contribution in [2.45, 2.75) is 44.4 Å². The summed E-state index contributed by atoms with van der Waals surface area (Å²) in [5.74, 6) is -0.627. The molecule has 3 aromatic carbocycles. The lowest BCUT2D eigenvalue weighted by atomic mass is 10.1. The average Bonchev–Trinajstić information content (AvgIpc) is 2.81.